The summed E-state index contributed by atoms with van der Waals surface area (Å²) in [4.78, 5) is 48.4. The van der Waals surface area contributed by atoms with E-state index in [9.17, 15) is 14.4 Å². The molecule has 8 heteroatoms. The molecule has 23 heavy (non-hydrogen) atoms. The zero-order valence-electron chi connectivity index (χ0n) is 12.4. The highest BCUT2D eigenvalue weighted by molar-refractivity contribution is 7.09. The molecule has 2 aromatic rings. The van der Waals surface area contributed by atoms with Crippen molar-refractivity contribution in [2.75, 3.05) is 6.54 Å². The predicted octanol–water partition coefficient (Wildman–Crippen LogP) is 0.525. The number of hydrogen-bond acceptors (Lipinski definition) is 5. The second kappa shape index (κ2) is 5.45. The van der Waals surface area contributed by atoms with E-state index in [1.165, 1.54) is 4.88 Å². The fourth-order valence-corrected chi connectivity index (χ4v) is 4.35. The zero-order chi connectivity index (χ0) is 16.0. The highest BCUT2D eigenvalue weighted by Gasteiger charge is 2.33. The smallest absolute Gasteiger partial charge is 0.325 e. The number of amides is 1. The van der Waals surface area contributed by atoms with Gasteiger partial charge in [-0.1, -0.05) is 0 Å². The number of hydrogen-bond donors (Lipinski definition) is 2. The largest absolute Gasteiger partial charge is 0.336 e. The van der Waals surface area contributed by atoms with Crippen molar-refractivity contribution < 1.29 is 4.79 Å². The second-order valence-electron chi connectivity index (χ2n) is 5.98. The lowest BCUT2D eigenvalue weighted by molar-refractivity contribution is -0.134. The first-order valence-corrected chi connectivity index (χ1v) is 8.57. The molecular formula is C15H16N4O3S. The number of aryl methyl sites for hydroxylation is 1. The van der Waals surface area contributed by atoms with E-state index in [4.69, 9.17) is 0 Å². The number of thiazole rings is 1. The number of rotatable bonds is 1. The van der Waals surface area contributed by atoms with Gasteiger partial charge in [-0.2, -0.15) is 0 Å². The minimum atomic E-state index is -0.525. The Morgan fingerprint density at radius 1 is 1.30 bits per heavy atom. The van der Waals surface area contributed by atoms with Crippen LogP contribution in [-0.4, -0.2) is 32.3 Å². The van der Waals surface area contributed by atoms with E-state index in [1.54, 1.807) is 21.7 Å². The Balaban J connectivity index is 1.62. The van der Waals surface area contributed by atoms with Gasteiger partial charge in [-0.3, -0.25) is 14.6 Å². The van der Waals surface area contributed by atoms with Crippen LogP contribution in [0.1, 0.15) is 40.6 Å². The lowest BCUT2D eigenvalue weighted by Gasteiger charge is -2.32. The highest BCUT2D eigenvalue weighted by Crippen LogP contribution is 2.34. The first-order valence-electron chi connectivity index (χ1n) is 7.69. The molecule has 0 fully saturated rings. The molecule has 2 N–H and O–H groups in total. The van der Waals surface area contributed by atoms with Gasteiger partial charge < -0.3 is 9.88 Å². The third kappa shape index (κ3) is 2.42. The van der Waals surface area contributed by atoms with Crippen molar-refractivity contribution in [2.45, 2.75) is 38.1 Å². The Labute approximate surface area is 135 Å². The molecule has 0 radical (unpaired) electrons. The van der Waals surface area contributed by atoms with Crippen LogP contribution in [0.2, 0.25) is 0 Å². The molecule has 1 aliphatic heterocycles. The number of nitrogens with one attached hydrogen (secondary N) is 2. The number of aromatic amines is 2. The van der Waals surface area contributed by atoms with Crippen LogP contribution in [0.25, 0.3) is 0 Å². The van der Waals surface area contributed by atoms with Gasteiger partial charge >= 0.3 is 5.69 Å². The topological polar surface area (TPSA) is 98.9 Å². The summed E-state index contributed by atoms with van der Waals surface area (Å²) in [6, 6.07) is 0. The van der Waals surface area contributed by atoms with Crippen molar-refractivity contribution in [1.29, 1.82) is 0 Å². The molecule has 0 aromatic carbocycles. The average molecular weight is 332 g/mol. The van der Waals surface area contributed by atoms with Crippen molar-refractivity contribution in [3.63, 3.8) is 0 Å². The minimum Gasteiger partial charge on any atom is -0.336 e. The Morgan fingerprint density at radius 2 is 2.17 bits per heavy atom. The molecule has 1 unspecified atom stereocenters. The van der Waals surface area contributed by atoms with Gasteiger partial charge in [-0.15, -0.1) is 11.3 Å². The standard InChI is InChI=1S/C15H16N4O3S/c20-13-8-4-5-19(6-10(8)17-15(22)18-13)14(21)9-2-1-3-11-12(9)16-7-23-11/h7,9H,1-6H2,(H2,17,18,20,22). The molecule has 1 aliphatic carbocycles. The second-order valence-corrected chi connectivity index (χ2v) is 6.92. The van der Waals surface area contributed by atoms with E-state index in [0.29, 0.717) is 24.2 Å². The van der Waals surface area contributed by atoms with Crippen LogP contribution in [0.3, 0.4) is 0 Å². The number of carbonyl (C=O) groups excluding carboxylic acids is 1. The molecule has 0 saturated carbocycles. The summed E-state index contributed by atoms with van der Waals surface area (Å²) in [5.74, 6) is -0.149. The predicted molar refractivity (Wildman–Crippen MR) is 84.6 cm³/mol. The summed E-state index contributed by atoms with van der Waals surface area (Å²) in [5.41, 5.74) is 2.97. The van der Waals surface area contributed by atoms with E-state index < -0.39 is 5.69 Å². The van der Waals surface area contributed by atoms with Crippen LogP contribution < -0.4 is 11.2 Å². The van der Waals surface area contributed by atoms with Crippen LogP contribution in [0.15, 0.2) is 15.1 Å². The molecule has 7 nitrogen and oxygen atoms in total. The Hall–Kier alpha value is -2.22. The van der Waals surface area contributed by atoms with Crippen molar-refractivity contribution in [1.82, 2.24) is 19.9 Å². The molecule has 1 amide bonds. The maximum Gasteiger partial charge on any atom is 0.325 e. The molecule has 0 saturated heterocycles. The molecule has 2 aromatic heterocycles. The van der Waals surface area contributed by atoms with Crippen LogP contribution >= 0.6 is 11.3 Å². The van der Waals surface area contributed by atoms with Crippen molar-refractivity contribution >= 4 is 17.2 Å². The molecule has 0 bridgehead atoms. The Morgan fingerprint density at radius 3 is 3.04 bits per heavy atom. The summed E-state index contributed by atoms with van der Waals surface area (Å²) in [5, 5.41) is 0. The Bertz CT molecular complexity index is 881. The number of carbonyl (C=O) groups is 1. The van der Waals surface area contributed by atoms with Crippen LogP contribution in [0, 0.1) is 0 Å². The maximum atomic E-state index is 12.9. The molecule has 120 valence electrons. The van der Waals surface area contributed by atoms with Gasteiger partial charge in [0, 0.05) is 22.7 Å². The van der Waals surface area contributed by atoms with Gasteiger partial charge in [0.1, 0.15) is 0 Å². The van der Waals surface area contributed by atoms with Gasteiger partial charge in [-0.05, 0) is 25.7 Å². The van der Waals surface area contributed by atoms with Gasteiger partial charge in [0.15, 0.2) is 0 Å². The van der Waals surface area contributed by atoms with Crippen molar-refractivity contribution in [3.8, 4) is 0 Å². The monoisotopic (exact) mass is 332 g/mol. The summed E-state index contributed by atoms with van der Waals surface area (Å²) in [6.07, 6.45) is 3.26. The quantitative estimate of drug-likeness (QED) is 0.795. The van der Waals surface area contributed by atoms with Crippen LogP contribution in [0.4, 0.5) is 0 Å². The molecule has 2 aliphatic rings. The SMILES string of the molecule is O=C(C1CCCc2scnc21)N1CCc2c([nH]c(=O)[nH]c2=O)C1. The third-order valence-electron chi connectivity index (χ3n) is 4.62. The van der Waals surface area contributed by atoms with E-state index >= 15 is 0 Å². The first-order chi connectivity index (χ1) is 11.1. The van der Waals surface area contributed by atoms with E-state index in [-0.39, 0.29) is 23.9 Å². The molecule has 1 atom stereocenters. The first kappa shape index (κ1) is 14.4. The summed E-state index contributed by atoms with van der Waals surface area (Å²) < 4.78 is 0. The lowest BCUT2D eigenvalue weighted by atomic mass is 9.89. The van der Waals surface area contributed by atoms with E-state index in [1.807, 2.05) is 0 Å². The third-order valence-corrected chi connectivity index (χ3v) is 5.53. The highest BCUT2D eigenvalue weighted by atomic mass is 32.1. The van der Waals surface area contributed by atoms with Crippen LogP contribution in [-0.2, 0) is 24.2 Å². The average Bonchev–Trinajstić information content (AvgIpc) is 3.02. The lowest BCUT2D eigenvalue weighted by Crippen LogP contribution is -2.43. The number of aromatic nitrogens is 3. The van der Waals surface area contributed by atoms with E-state index in [0.717, 1.165) is 25.0 Å². The number of fused-ring (bicyclic) bond motifs is 2. The summed E-state index contributed by atoms with van der Waals surface area (Å²) in [7, 11) is 0. The van der Waals surface area contributed by atoms with Gasteiger partial charge in [0.2, 0.25) is 5.91 Å². The molecular weight excluding hydrogens is 316 g/mol. The summed E-state index contributed by atoms with van der Waals surface area (Å²) >= 11 is 1.61. The fraction of sp³-hybridized carbons (Fsp3) is 0.467. The van der Waals surface area contributed by atoms with Crippen LogP contribution in [0.5, 0.6) is 0 Å². The molecule has 4 rings (SSSR count). The normalized spacial score (nSPS) is 20.0. The number of H-pyrrole nitrogens is 2. The fourth-order valence-electron chi connectivity index (χ4n) is 3.48. The van der Waals surface area contributed by atoms with Crippen molar-refractivity contribution in [2.24, 2.45) is 0 Å². The minimum absolute atomic E-state index is 0.0450. The van der Waals surface area contributed by atoms with Gasteiger partial charge in [0.25, 0.3) is 5.56 Å². The Kier molecular flexibility index (Phi) is 3.41. The van der Waals surface area contributed by atoms with E-state index in [2.05, 4.69) is 15.0 Å². The van der Waals surface area contributed by atoms with Gasteiger partial charge in [-0.25, -0.2) is 9.78 Å². The molecule has 0 spiro atoms. The zero-order valence-corrected chi connectivity index (χ0v) is 13.2. The maximum absolute atomic E-state index is 12.9. The van der Waals surface area contributed by atoms with Crippen molar-refractivity contribution in [3.05, 3.63) is 48.2 Å². The number of nitrogens with zero attached hydrogens (tertiary/aromatic N) is 2. The molecule has 3 heterocycles. The van der Waals surface area contributed by atoms with Gasteiger partial charge in [0.05, 0.1) is 23.7 Å². The summed E-state index contributed by atoms with van der Waals surface area (Å²) in [6.45, 7) is 0.778.